The molecule has 0 spiro atoms. The maximum Gasteiger partial charge on any atom is 0.253 e. The number of nitrogens with one attached hydrogen (secondary N) is 2. The van der Waals surface area contributed by atoms with Gasteiger partial charge in [0.25, 0.3) is 10.9 Å². The van der Waals surface area contributed by atoms with Crippen molar-refractivity contribution in [2.75, 3.05) is 10.6 Å². The van der Waals surface area contributed by atoms with Gasteiger partial charge in [-0.25, -0.2) is 9.37 Å². The maximum absolute atomic E-state index is 13.3. The van der Waals surface area contributed by atoms with Crippen molar-refractivity contribution in [2.24, 2.45) is 17.3 Å². The van der Waals surface area contributed by atoms with Crippen LogP contribution in [0, 0.1) is 23.1 Å². The molecule has 7 rings (SSSR count). The molecule has 6 atom stereocenters. The quantitative estimate of drug-likeness (QED) is 0.273. The van der Waals surface area contributed by atoms with E-state index in [1.54, 1.807) is 12.1 Å². The van der Waals surface area contributed by atoms with Crippen molar-refractivity contribution >= 4 is 17.1 Å². The summed E-state index contributed by atoms with van der Waals surface area (Å²) in [7, 11) is 0. The number of fused-ring (bicyclic) bond motifs is 5. The number of nitrogens with zero attached hydrogens (tertiary/aromatic N) is 2. The zero-order chi connectivity index (χ0) is 27.6. The molecule has 3 N–H and O–H groups in total. The van der Waals surface area contributed by atoms with Crippen LogP contribution in [0.25, 0.3) is 11.3 Å². The SMILES string of the molecule is C[C@@]1(C(O)CC2c3ccccc3-c3cncn32)CC2CCC(Nc3c(Nc4ccc(F)cc4)c(=O)c3=O)C(C2)C1. The van der Waals surface area contributed by atoms with Gasteiger partial charge in [0, 0.05) is 17.3 Å². The maximum atomic E-state index is 13.3. The van der Waals surface area contributed by atoms with Crippen LogP contribution in [0.2, 0.25) is 0 Å². The zero-order valence-corrected chi connectivity index (χ0v) is 22.4. The second-order valence-corrected chi connectivity index (χ2v) is 12.3. The molecule has 7 nitrogen and oxygen atoms in total. The van der Waals surface area contributed by atoms with Crippen molar-refractivity contribution in [2.45, 2.75) is 63.6 Å². The molecule has 2 fully saturated rings. The predicted molar refractivity (Wildman–Crippen MR) is 153 cm³/mol. The Balaban J connectivity index is 1.08. The van der Waals surface area contributed by atoms with Crippen LogP contribution in [-0.4, -0.2) is 26.8 Å². The summed E-state index contributed by atoms with van der Waals surface area (Å²) in [6.07, 6.45) is 8.72. The molecule has 0 saturated heterocycles. The van der Waals surface area contributed by atoms with Crippen LogP contribution in [0.4, 0.5) is 21.5 Å². The van der Waals surface area contributed by atoms with Gasteiger partial charge in [0.05, 0.1) is 30.4 Å². The molecule has 3 aliphatic rings. The first-order chi connectivity index (χ1) is 19.3. The third kappa shape index (κ3) is 4.08. The predicted octanol–water partition coefficient (Wildman–Crippen LogP) is 5.38. The van der Waals surface area contributed by atoms with Crippen LogP contribution >= 0.6 is 0 Å². The summed E-state index contributed by atoms with van der Waals surface area (Å²) < 4.78 is 15.5. The summed E-state index contributed by atoms with van der Waals surface area (Å²) in [5, 5.41) is 18.2. The van der Waals surface area contributed by atoms with Crippen molar-refractivity contribution in [3.63, 3.8) is 0 Å². The summed E-state index contributed by atoms with van der Waals surface area (Å²) in [6, 6.07) is 14.2. The molecule has 0 amide bonds. The van der Waals surface area contributed by atoms with E-state index in [2.05, 4.69) is 45.3 Å². The van der Waals surface area contributed by atoms with E-state index >= 15 is 0 Å². The smallest absolute Gasteiger partial charge is 0.253 e. The number of aliphatic hydroxyl groups is 1. The second-order valence-electron chi connectivity index (χ2n) is 12.3. The lowest BCUT2D eigenvalue weighted by molar-refractivity contribution is -0.0486. The number of imidazole rings is 1. The first-order valence-corrected chi connectivity index (χ1v) is 14.2. The van der Waals surface area contributed by atoms with Gasteiger partial charge in [-0.2, -0.15) is 0 Å². The molecular weight excluding hydrogens is 507 g/mol. The molecule has 5 unspecified atom stereocenters. The van der Waals surface area contributed by atoms with E-state index in [1.807, 2.05) is 18.6 Å². The Morgan fingerprint density at radius 3 is 2.67 bits per heavy atom. The Kier molecular flexibility index (Phi) is 5.93. The minimum Gasteiger partial charge on any atom is -0.392 e. The van der Waals surface area contributed by atoms with Gasteiger partial charge in [0.1, 0.15) is 17.2 Å². The van der Waals surface area contributed by atoms with Crippen molar-refractivity contribution in [1.82, 2.24) is 9.55 Å². The lowest BCUT2D eigenvalue weighted by atomic mass is 9.57. The standard InChI is InChI=1S/C32H33FN4O3/c1-32(27(38)13-25-22-4-2-3-5-23(22)26-16-34-17-37(25)26)14-18-6-11-24(19(12-18)15-32)36-29-28(30(39)31(29)40)35-21-9-7-20(33)8-10-21/h2-5,7-10,16-19,24-25,27,35-36,38H,6,11-15H2,1H3/t18?,19?,24?,25?,27?,32-/m1/s1. The topological polar surface area (TPSA) is 96.2 Å². The minimum atomic E-state index is -0.555. The summed E-state index contributed by atoms with van der Waals surface area (Å²) in [4.78, 5) is 29.3. The number of aromatic nitrogens is 2. The number of halogens is 1. The summed E-state index contributed by atoms with van der Waals surface area (Å²) in [5.41, 5.74) is 3.32. The van der Waals surface area contributed by atoms with Gasteiger partial charge in [0.15, 0.2) is 0 Å². The molecule has 4 aromatic rings. The molecule has 206 valence electrons. The Hall–Kier alpha value is -3.78. The number of rotatable bonds is 7. The second kappa shape index (κ2) is 9.41. The molecule has 0 radical (unpaired) electrons. The first kappa shape index (κ1) is 25.2. The molecule has 40 heavy (non-hydrogen) atoms. The fraction of sp³-hybridized carbons (Fsp3) is 0.406. The van der Waals surface area contributed by atoms with Gasteiger partial charge in [0.2, 0.25) is 0 Å². The van der Waals surface area contributed by atoms with Crippen molar-refractivity contribution in [1.29, 1.82) is 0 Å². The number of benzene rings is 2. The number of aliphatic hydroxyl groups excluding tert-OH is 1. The first-order valence-electron chi connectivity index (χ1n) is 14.2. The Morgan fingerprint density at radius 2 is 1.85 bits per heavy atom. The van der Waals surface area contributed by atoms with E-state index < -0.39 is 17.0 Å². The molecular formula is C32H33FN4O3. The molecule has 2 heterocycles. The Labute approximate surface area is 231 Å². The molecule has 3 aromatic carbocycles. The summed E-state index contributed by atoms with van der Waals surface area (Å²) in [6.45, 7) is 2.22. The lowest BCUT2D eigenvalue weighted by Crippen LogP contribution is -2.49. The summed E-state index contributed by atoms with van der Waals surface area (Å²) in [5.74, 6) is 0.450. The van der Waals surface area contributed by atoms with E-state index in [9.17, 15) is 19.1 Å². The van der Waals surface area contributed by atoms with Crippen LogP contribution in [0.1, 0.15) is 57.1 Å². The largest absolute Gasteiger partial charge is 0.392 e. The van der Waals surface area contributed by atoms with Crippen molar-refractivity contribution < 1.29 is 9.50 Å². The highest BCUT2D eigenvalue weighted by molar-refractivity contribution is 5.79. The van der Waals surface area contributed by atoms with Crippen LogP contribution in [-0.2, 0) is 0 Å². The Bertz CT molecular complexity index is 1640. The van der Waals surface area contributed by atoms with Crippen LogP contribution in [0.5, 0.6) is 0 Å². The third-order valence-electron chi connectivity index (χ3n) is 9.78. The van der Waals surface area contributed by atoms with Gasteiger partial charge < -0.3 is 20.3 Å². The van der Waals surface area contributed by atoms with E-state index in [1.165, 1.54) is 23.3 Å². The highest BCUT2D eigenvalue weighted by atomic mass is 19.1. The summed E-state index contributed by atoms with van der Waals surface area (Å²) >= 11 is 0. The van der Waals surface area contributed by atoms with Gasteiger partial charge in [-0.05, 0) is 85.6 Å². The van der Waals surface area contributed by atoms with E-state index in [0.29, 0.717) is 23.7 Å². The van der Waals surface area contributed by atoms with Crippen LogP contribution in [0.15, 0.2) is 70.6 Å². The number of anilines is 3. The number of hydrogen-bond acceptors (Lipinski definition) is 6. The molecule has 2 aliphatic carbocycles. The fourth-order valence-electron chi connectivity index (χ4n) is 7.76. The van der Waals surface area contributed by atoms with Crippen LogP contribution in [0.3, 0.4) is 0 Å². The molecule has 2 bridgehead atoms. The fourth-order valence-corrected chi connectivity index (χ4v) is 7.76. The highest BCUT2D eigenvalue weighted by Gasteiger charge is 2.48. The highest BCUT2D eigenvalue weighted by Crippen LogP contribution is 2.53. The molecule has 1 aromatic heterocycles. The third-order valence-corrected chi connectivity index (χ3v) is 9.78. The average Bonchev–Trinajstić information content (AvgIpc) is 3.55. The molecule has 8 heteroatoms. The van der Waals surface area contributed by atoms with Gasteiger partial charge in [-0.3, -0.25) is 9.59 Å². The zero-order valence-electron chi connectivity index (χ0n) is 22.4. The van der Waals surface area contributed by atoms with Crippen molar-refractivity contribution in [3.8, 4) is 11.3 Å². The van der Waals surface area contributed by atoms with Gasteiger partial charge in [-0.15, -0.1) is 0 Å². The van der Waals surface area contributed by atoms with E-state index in [4.69, 9.17) is 0 Å². The molecule has 2 saturated carbocycles. The van der Waals surface area contributed by atoms with Crippen molar-refractivity contribution in [3.05, 3.63) is 92.9 Å². The minimum absolute atomic E-state index is 0.0487. The lowest BCUT2D eigenvalue weighted by Gasteiger charge is -2.51. The normalized spacial score (nSPS) is 27.7. The average molecular weight is 541 g/mol. The Morgan fingerprint density at radius 1 is 1.07 bits per heavy atom. The van der Waals surface area contributed by atoms with E-state index in [-0.39, 0.29) is 34.9 Å². The number of hydrogen-bond donors (Lipinski definition) is 3. The molecule has 1 aliphatic heterocycles. The van der Waals surface area contributed by atoms with Gasteiger partial charge >= 0.3 is 0 Å². The van der Waals surface area contributed by atoms with Gasteiger partial charge in [-0.1, -0.05) is 31.2 Å². The van der Waals surface area contributed by atoms with Crippen LogP contribution < -0.4 is 21.5 Å². The monoisotopic (exact) mass is 540 g/mol. The van der Waals surface area contributed by atoms with E-state index in [0.717, 1.165) is 37.8 Å².